The van der Waals surface area contributed by atoms with Gasteiger partial charge in [-0.2, -0.15) is 13.2 Å². The average molecular weight is 443 g/mol. The maximum absolute atomic E-state index is 12.6. The number of halogens is 3. The van der Waals surface area contributed by atoms with Crippen molar-refractivity contribution in [3.8, 4) is 0 Å². The molecule has 1 aromatic carbocycles. The van der Waals surface area contributed by atoms with Gasteiger partial charge in [-0.3, -0.25) is 4.90 Å². The van der Waals surface area contributed by atoms with Gasteiger partial charge in [0, 0.05) is 45.0 Å². The molecule has 0 aliphatic carbocycles. The smallest absolute Gasteiger partial charge is 0.425 e. The van der Waals surface area contributed by atoms with Crippen LogP contribution in [0.3, 0.4) is 0 Å². The summed E-state index contributed by atoms with van der Waals surface area (Å²) in [5.41, 5.74) is 2.97. The standard InChI is InChI=1S/C21H28F3N3O4/c1-14-5-6-16(12-18(14)27-7-3-4-17(27)19(28)29)13-25-8-10-26(11-9-25)20(30)31-15(2)21(22,23)24/h5-6,12,15,17H,3-4,7-11,13H2,1-2H3,(H,28,29). The van der Waals surface area contributed by atoms with E-state index < -0.39 is 30.4 Å². The Balaban J connectivity index is 1.57. The molecule has 0 bridgehead atoms. The molecule has 2 atom stereocenters. The Morgan fingerprint density at radius 3 is 2.48 bits per heavy atom. The van der Waals surface area contributed by atoms with Crippen molar-refractivity contribution < 1.29 is 32.6 Å². The van der Waals surface area contributed by atoms with Crippen LogP contribution in [0, 0.1) is 6.92 Å². The molecule has 0 aromatic heterocycles. The monoisotopic (exact) mass is 443 g/mol. The molecule has 7 nitrogen and oxygen atoms in total. The number of benzene rings is 1. The molecular formula is C21H28F3N3O4. The predicted octanol–water partition coefficient (Wildman–Crippen LogP) is 3.25. The summed E-state index contributed by atoms with van der Waals surface area (Å²) in [7, 11) is 0. The number of carbonyl (C=O) groups is 2. The lowest BCUT2D eigenvalue weighted by atomic mass is 10.1. The van der Waals surface area contributed by atoms with Crippen LogP contribution in [0.4, 0.5) is 23.7 Å². The third-order valence-corrected chi connectivity index (χ3v) is 5.90. The summed E-state index contributed by atoms with van der Waals surface area (Å²) in [6.07, 6.45) is -6.19. The van der Waals surface area contributed by atoms with Gasteiger partial charge in [0.15, 0.2) is 6.10 Å². The van der Waals surface area contributed by atoms with E-state index in [0.29, 0.717) is 32.6 Å². The van der Waals surface area contributed by atoms with E-state index in [2.05, 4.69) is 9.64 Å². The summed E-state index contributed by atoms with van der Waals surface area (Å²) in [4.78, 5) is 28.9. The number of piperazine rings is 1. The van der Waals surface area contributed by atoms with E-state index in [0.717, 1.165) is 30.2 Å². The summed E-state index contributed by atoms with van der Waals surface area (Å²) < 4.78 is 42.3. The molecule has 10 heteroatoms. The minimum absolute atomic E-state index is 0.287. The van der Waals surface area contributed by atoms with Crippen molar-refractivity contribution >= 4 is 17.7 Å². The maximum Gasteiger partial charge on any atom is 0.425 e. The lowest BCUT2D eigenvalue weighted by molar-refractivity contribution is -0.200. The Kier molecular flexibility index (Phi) is 6.98. The van der Waals surface area contributed by atoms with Gasteiger partial charge in [0.25, 0.3) is 0 Å². The second-order valence-electron chi connectivity index (χ2n) is 8.14. The van der Waals surface area contributed by atoms with Crippen molar-refractivity contribution in [2.75, 3.05) is 37.6 Å². The predicted molar refractivity (Wildman–Crippen MR) is 108 cm³/mol. The highest BCUT2D eigenvalue weighted by molar-refractivity contribution is 5.79. The highest BCUT2D eigenvalue weighted by Gasteiger charge is 2.40. The first-order chi connectivity index (χ1) is 14.6. The van der Waals surface area contributed by atoms with Gasteiger partial charge < -0.3 is 19.6 Å². The first kappa shape index (κ1) is 23.2. The molecule has 2 heterocycles. The van der Waals surface area contributed by atoms with Gasteiger partial charge in [-0.15, -0.1) is 0 Å². The lowest BCUT2D eigenvalue weighted by Gasteiger charge is -2.35. The fraction of sp³-hybridized carbons (Fsp3) is 0.619. The number of nitrogens with zero attached hydrogens (tertiary/aromatic N) is 3. The van der Waals surface area contributed by atoms with Crippen LogP contribution in [0.5, 0.6) is 0 Å². The average Bonchev–Trinajstić information content (AvgIpc) is 3.19. The quantitative estimate of drug-likeness (QED) is 0.753. The number of carboxylic acid groups (broad SMARTS) is 1. The number of ether oxygens (including phenoxy) is 1. The van der Waals surface area contributed by atoms with Crippen LogP contribution in [0.2, 0.25) is 0 Å². The molecule has 1 amide bonds. The number of rotatable bonds is 5. The summed E-state index contributed by atoms with van der Waals surface area (Å²) in [5.74, 6) is -0.815. The number of amides is 1. The first-order valence-corrected chi connectivity index (χ1v) is 10.4. The summed E-state index contributed by atoms with van der Waals surface area (Å²) in [5, 5.41) is 9.48. The summed E-state index contributed by atoms with van der Waals surface area (Å²) in [6.45, 7) is 5.70. The fourth-order valence-electron chi connectivity index (χ4n) is 4.01. The van der Waals surface area contributed by atoms with Gasteiger partial charge in [0.1, 0.15) is 6.04 Å². The molecule has 31 heavy (non-hydrogen) atoms. The van der Waals surface area contributed by atoms with E-state index in [1.807, 2.05) is 30.0 Å². The Labute approximate surface area is 179 Å². The number of carbonyl (C=O) groups excluding carboxylic acids is 1. The number of aliphatic carboxylic acids is 1. The van der Waals surface area contributed by atoms with Crippen molar-refractivity contribution in [1.29, 1.82) is 0 Å². The van der Waals surface area contributed by atoms with Crippen LogP contribution in [0.1, 0.15) is 30.9 Å². The zero-order valence-corrected chi connectivity index (χ0v) is 17.7. The van der Waals surface area contributed by atoms with E-state index >= 15 is 0 Å². The van der Waals surface area contributed by atoms with Crippen LogP contribution >= 0.6 is 0 Å². The minimum atomic E-state index is -4.57. The minimum Gasteiger partial charge on any atom is -0.480 e. The molecule has 2 fully saturated rings. The van der Waals surface area contributed by atoms with Crippen molar-refractivity contribution in [2.45, 2.75) is 51.6 Å². The zero-order valence-electron chi connectivity index (χ0n) is 17.7. The fourth-order valence-corrected chi connectivity index (χ4v) is 4.01. The van der Waals surface area contributed by atoms with Crippen LogP contribution in [-0.4, -0.2) is 78.0 Å². The van der Waals surface area contributed by atoms with Crippen molar-refractivity contribution in [2.24, 2.45) is 0 Å². The van der Waals surface area contributed by atoms with Gasteiger partial charge in [-0.05, 0) is 43.9 Å². The Hall–Kier alpha value is -2.49. The van der Waals surface area contributed by atoms with Gasteiger partial charge >= 0.3 is 18.2 Å². The molecule has 2 aliphatic heterocycles. The van der Waals surface area contributed by atoms with Gasteiger partial charge in [-0.1, -0.05) is 12.1 Å². The zero-order chi connectivity index (χ0) is 22.8. The van der Waals surface area contributed by atoms with Crippen molar-refractivity contribution in [3.05, 3.63) is 29.3 Å². The molecular weight excluding hydrogens is 415 g/mol. The molecule has 0 radical (unpaired) electrons. The summed E-state index contributed by atoms with van der Waals surface area (Å²) in [6, 6.07) is 5.48. The van der Waals surface area contributed by atoms with Gasteiger partial charge in [0.2, 0.25) is 0 Å². The van der Waals surface area contributed by atoms with Gasteiger partial charge in [0.05, 0.1) is 0 Å². The number of alkyl halides is 3. The first-order valence-electron chi connectivity index (χ1n) is 10.4. The maximum atomic E-state index is 12.6. The third kappa shape index (κ3) is 5.61. The number of aryl methyl sites for hydroxylation is 1. The van der Waals surface area contributed by atoms with E-state index in [-0.39, 0.29) is 13.1 Å². The molecule has 2 unspecified atom stereocenters. The third-order valence-electron chi connectivity index (χ3n) is 5.90. The Morgan fingerprint density at radius 1 is 1.19 bits per heavy atom. The van der Waals surface area contributed by atoms with Crippen LogP contribution in [-0.2, 0) is 16.1 Å². The number of carboxylic acids is 1. The van der Waals surface area contributed by atoms with Crippen LogP contribution in [0.15, 0.2) is 18.2 Å². The van der Waals surface area contributed by atoms with Crippen molar-refractivity contribution in [1.82, 2.24) is 9.80 Å². The number of anilines is 1. The topological polar surface area (TPSA) is 73.3 Å². The summed E-state index contributed by atoms with van der Waals surface area (Å²) >= 11 is 0. The molecule has 0 spiro atoms. The Morgan fingerprint density at radius 2 is 1.87 bits per heavy atom. The number of hydrogen-bond donors (Lipinski definition) is 1. The second-order valence-corrected chi connectivity index (χ2v) is 8.14. The number of hydrogen-bond acceptors (Lipinski definition) is 5. The van der Waals surface area contributed by atoms with E-state index in [1.165, 1.54) is 4.90 Å². The second kappa shape index (κ2) is 9.33. The molecule has 2 saturated heterocycles. The SMILES string of the molecule is Cc1ccc(CN2CCN(C(=O)OC(C)C(F)(F)F)CC2)cc1N1CCCC1C(=O)O. The molecule has 2 aliphatic rings. The highest BCUT2D eigenvalue weighted by atomic mass is 19.4. The molecule has 1 N–H and O–H groups in total. The van der Waals surface area contributed by atoms with Crippen LogP contribution in [0.25, 0.3) is 0 Å². The van der Waals surface area contributed by atoms with Crippen molar-refractivity contribution in [3.63, 3.8) is 0 Å². The van der Waals surface area contributed by atoms with E-state index in [4.69, 9.17) is 0 Å². The lowest BCUT2D eigenvalue weighted by Crippen LogP contribution is -2.49. The largest absolute Gasteiger partial charge is 0.480 e. The van der Waals surface area contributed by atoms with E-state index in [9.17, 15) is 27.9 Å². The molecule has 0 saturated carbocycles. The molecule has 3 rings (SSSR count). The normalized spacial score (nSPS) is 21.3. The van der Waals surface area contributed by atoms with Crippen LogP contribution < -0.4 is 4.90 Å². The Bertz CT molecular complexity index is 810. The highest BCUT2D eigenvalue weighted by Crippen LogP contribution is 2.30. The van der Waals surface area contributed by atoms with E-state index in [1.54, 1.807) is 0 Å². The molecule has 172 valence electrons. The van der Waals surface area contributed by atoms with Gasteiger partial charge in [-0.25, -0.2) is 9.59 Å². The molecule has 1 aromatic rings.